The van der Waals surface area contributed by atoms with Gasteiger partial charge in [-0.25, -0.2) is 0 Å². The fourth-order valence-corrected chi connectivity index (χ4v) is 3.47. The summed E-state index contributed by atoms with van der Waals surface area (Å²) in [4.78, 5) is 12.1. The van der Waals surface area contributed by atoms with E-state index in [-0.39, 0.29) is 11.7 Å². The molecule has 1 amide bonds. The molecule has 0 spiro atoms. The van der Waals surface area contributed by atoms with Crippen LogP contribution in [0.5, 0.6) is 5.75 Å². The summed E-state index contributed by atoms with van der Waals surface area (Å²) in [5, 5.41) is 12.2. The van der Waals surface area contributed by atoms with Gasteiger partial charge >= 0.3 is 0 Å². The molecule has 9 heteroatoms. The Labute approximate surface area is 182 Å². The van der Waals surface area contributed by atoms with Crippen molar-refractivity contribution >= 4 is 46.6 Å². The highest BCUT2D eigenvalue weighted by Gasteiger charge is 2.11. The van der Waals surface area contributed by atoms with Crippen molar-refractivity contribution in [1.29, 1.82) is 0 Å². The van der Waals surface area contributed by atoms with Crippen LogP contribution in [0.25, 0.3) is 0 Å². The number of nitrogens with one attached hydrogen (secondary N) is 1. The molecule has 152 valence electrons. The van der Waals surface area contributed by atoms with E-state index in [2.05, 4.69) is 15.5 Å². The number of hydrogen-bond donors (Lipinski definition) is 1. The third kappa shape index (κ3) is 6.66. The van der Waals surface area contributed by atoms with Gasteiger partial charge in [0.15, 0.2) is 0 Å². The molecule has 0 unspecified atom stereocenters. The molecule has 0 saturated heterocycles. The van der Waals surface area contributed by atoms with Gasteiger partial charge in [0.05, 0.1) is 17.4 Å². The number of ether oxygens (including phenoxy) is 1. The van der Waals surface area contributed by atoms with Crippen LogP contribution in [0.2, 0.25) is 10.0 Å². The Morgan fingerprint density at radius 3 is 2.83 bits per heavy atom. The Balaban J connectivity index is 1.39. The van der Waals surface area contributed by atoms with Crippen LogP contribution in [-0.2, 0) is 11.2 Å². The molecule has 3 aromatic rings. The monoisotopic (exact) mass is 451 g/mol. The summed E-state index contributed by atoms with van der Waals surface area (Å²) in [5.41, 5.74) is 1.80. The molecule has 0 aliphatic rings. The van der Waals surface area contributed by atoms with Gasteiger partial charge in [-0.15, -0.1) is 10.2 Å². The van der Waals surface area contributed by atoms with Gasteiger partial charge in [-0.05, 0) is 43.2 Å². The second-order valence-electron chi connectivity index (χ2n) is 6.14. The SMILES string of the molecule is Cc1ccccc1NC(=O)CSc1nnc(CCCOc2ccc(Cl)cc2Cl)o1. The van der Waals surface area contributed by atoms with E-state index in [0.717, 1.165) is 11.3 Å². The van der Waals surface area contributed by atoms with E-state index < -0.39 is 0 Å². The lowest BCUT2D eigenvalue weighted by Crippen LogP contribution is -2.14. The first-order valence-corrected chi connectivity index (χ1v) is 10.6. The highest BCUT2D eigenvalue weighted by Crippen LogP contribution is 2.27. The number of halogens is 2. The molecule has 0 fully saturated rings. The van der Waals surface area contributed by atoms with Crippen LogP contribution in [-0.4, -0.2) is 28.5 Å². The topological polar surface area (TPSA) is 77.2 Å². The molecule has 0 radical (unpaired) electrons. The van der Waals surface area contributed by atoms with Crippen LogP contribution in [0.3, 0.4) is 0 Å². The van der Waals surface area contributed by atoms with E-state index in [4.69, 9.17) is 32.4 Å². The van der Waals surface area contributed by atoms with Crippen LogP contribution in [0.1, 0.15) is 17.9 Å². The van der Waals surface area contributed by atoms with Crippen LogP contribution in [0, 0.1) is 6.92 Å². The van der Waals surface area contributed by atoms with Gasteiger partial charge in [0.1, 0.15) is 5.75 Å². The minimum Gasteiger partial charge on any atom is -0.492 e. The van der Waals surface area contributed by atoms with Crippen molar-refractivity contribution < 1.29 is 13.9 Å². The maximum absolute atomic E-state index is 12.1. The van der Waals surface area contributed by atoms with Crippen molar-refractivity contribution in [3.05, 3.63) is 64.0 Å². The van der Waals surface area contributed by atoms with E-state index >= 15 is 0 Å². The van der Waals surface area contributed by atoms with Crippen LogP contribution in [0.15, 0.2) is 52.1 Å². The van der Waals surface area contributed by atoms with Gasteiger partial charge < -0.3 is 14.5 Å². The summed E-state index contributed by atoms with van der Waals surface area (Å²) in [6.45, 7) is 2.39. The highest BCUT2D eigenvalue weighted by molar-refractivity contribution is 7.99. The Bertz CT molecular complexity index is 981. The van der Waals surface area contributed by atoms with Crippen LogP contribution >= 0.6 is 35.0 Å². The minimum absolute atomic E-state index is 0.128. The number of thioether (sulfide) groups is 1. The number of rotatable bonds is 9. The van der Waals surface area contributed by atoms with Crippen molar-refractivity contribution in [2.45, 2.75) is 25.0 Å². The summed E-state index contributed by atoms with van der Waals surface area (Å²) in [5.74, 6) is 1.14. The number of hydrogen-bond acceptors (Lipinski definition) is 6. The molecule has 1 heterocycles. The summed E-state index contributed by atoms with van der Waals surface area (Å²) >= 11 is 13.1. The fourth-order valence-electron chi connectivity index (χ4n) is 2.42. The molecule has 0 bridgehead atoms. The molecular weight excluding hydrogens is 433 g/mol. The van der Waals surface area contributed by atoms with Gasteiger partial charge in [0.2, 0.25) is 11.8 Å². The van der Waals surface area contributed by atoms with Crippen molar-refractivity contribution in [3.8, 4) is 5.75 Å². The minimum atomic E-state index is -0.128. The third-order valence-electron chi connectivity index (χ3n) is 3.88. The maximum atomic E-state index is 12.1. The Kier molecular flexibility index (Phi) is 7.80. The number of para-hydroxylation sites is 1. The molecule has 2 aromatic carbocycles. The third-order valence-corrected chi connectivity index (χ3v) is 5.23. The smallest absolute Gasteiger partial charge is 0.277 e. The largest absolute Gasteiger partial charge is 0.492 e. The Morgan fingerprint density at radius 1 is 1.21 bits per heavy atom. The lowest BCUT2D eigenvalue weighted by Gasteiger charge is -2.07. The highest BCUT2D eigenvalue weighted by atomic mass is 35.5. The predicted molar refractivity (Wildman–Crippen MR) is 115 cm³/mol. The summed E-state index contributed by atoms with van der Waals surface area (Å²) in [7, 11) is 0. The number of anilines is 1. The van der Waals surface area contributed by atoms with Gasteiger partial charge in [0, 0.05) is 17.1 Å². The second kappa shape index (κ2) is 10.5. The van der Waals surface area contributed by atoms with E-state index in [0.29, 0.717) is 46.4 Å². The normalized spacial score (nSPS) is 10.7. The molecule has 0 atom stereocenters. The van der Waals surface area contributed by atoms with Gasteiger partial charge in [0.25, 0.3) is 5.22 Å². The van der Waals surface area contributed by atoms with Crippen LogP contribution in [0.4, 0.5) is 5.69 Å². The zero-order valence-electron chi connectivity index (χ0n) is 15.7. The van der Waals surface area contributed by atoms with Crippen molar-refractivity contribution in [2.75, 3.05) is 17.7 Å². The number of carbonyl (C=O) groups is 1. The standard InChI is InChI=1S/C20H19Cl2N3O3S/c1-13-5-2-3-6-16(13)23-18(26)12-29-20-25-24-19(28-20)7-4-10-27-17-9-8-14(21)11-15(17)22/h2-3,5-6,8-9,11H,4,7,10,12H2,1H3,(H,23,26). The first kappa shape index (κ1) is 21.5. The Hall–Kier alpha value is -2.22. The molecule has 0 aliphatic heterocycles. The van der Waals surface area contributed by atoms with Gasteiger partial charge in [-0.3, -0.25) is 4.79 Å². The number of aromatic nitrogens is 2. The predicted octanol–water partition coefficient (Wildman–Crippen LogP) is 5.43. The van der Waals surface area contributed by atoms with Crippen molar-refractivity contribution in [1.82, 2.24) is 10.2 Å². The first-order valence-electron chi connectivity index (χ1n) is 8.90. The van der Waals surface area contributed by atoms with Gasteiger partial charge in [-0.1, -0.05) is 53.2 Å². The van der Waals surface area contributed by atoms with E-state index in [1.54, 1.807) is 18.2 Å². The van der Waals surface area contributed by atoms with E-state index in [1.807, 2.05) is 31.2 Å². The number of benzene rings is 2. The lowest BCUT2D eigenvalue weighted by molar-refractivity contribution is -0.113. The van der Waals surface area contributed by atoms with E-state index in [9.17, 15) is 4.79 Å². The summed E-state index contributed by atoms with van der Waals surface area (Å²) in [6, 6.07) is 12.7. The second-order valence-corrected chi connectivity index (χ2v) is 7.91. The number of amides is 1. The Morgan fingerprint density at radius 2 is 2.03 bits per heavy atom. The molecule has 3 rings (SSSR count). The lowest BCUT2D eigenvalue weighted by atomic mass is 10.2. The van der Waals surface area contributed by atoms with Crippen molar-refractivity contribution in [2.24, 2.45) is 0 Å². The van der Waals surface area contributed by atoms with Gasteiger partial charge in [-0.2, -0.15) is 0 Å². The summed E-state index contributed by atoms with van der Waals surface area (Å²) < 4.78 is 11.2. The molecule has 1 aromatic heterocycles. The van der Waals surface area contributed by atoms with Crippen LogP contribution < -0.4 is 10.1 Å². The maximum Gasteiger partial charge on any atom is 0.277 e. The quantitative estimate of drug-likeness (QED) is 0.345. The molecule has 1 N–H and O–H groups in total. The summed E-state index contributed by atoms with van der Waals surface area (Å²) in [6.07, 6.45) is 1.24. The average Bonchev–Trinajstić information content (AvgIpc) is 3.15. The fraction of sp³-hybridized carbons (Fsp3) is 0.250. The number of carbonyl (C=O) groups excluding carboxylic acids is 1. The molecule has 0 saturated carbocycles. The molecule has 29 heavy (non-hydrogen) atoms. The van der Waals surface area contributed by atoms with E-state index in [1.165, 1.54) is 11.8 Å². The number of nitrogens with zero attached hydrogens (tertiary/aromatic N) is 2. The zero-order chi connectivity index (χ0) is 20.6. The number of aryl methyl sites for hydroxylation is 2. The van der Waals surface area contributed by atoms with Crippen molar-refractivity contribution in [3.63, 3.8) is 0 Å². The molecular formula is C20H19Cl2N3O3S. The molecule has 6 nitrogen and oxygen atoms in total. The average molecular weight is 452 g/mol. The zero-order valence-corrected chi connectivity index (χ0v) is 18.0. The first-order chi connectivity index (χ1) is 14.0. The molecule has 0 aliphatic carbocycles.